The van der Waals surface area contributed by atoms with Gasteiger partial charge in [0.2, 0.25) is 0 Å². The maximum Gasteiger partial charge on any atom is 0.416 e. The van der Waals surface area contributed by atoms with E-state index in [2.05, 4.69) is 0 Å². The van der Waals surface area contributed by atoms with Gasteiger partial charge in [0.1, 0.15) is 11.6 Å². The third-order valence-corrected chi connectivity index (χ3v) is 2.71. The van der Waals surface area contributed by atoms with Crippen LogP contribution in [-0.4, -0.2) is 6.29 Å². The summed E-state index contributed by atoms with van der Waals surface area (Å²) in [4.78, 5) is 10.8. The van der Waals surface area contributed by atoms with Crippen LogP contribution in [0.1, 0.15) is 15.9 Å². The molecule has 0 atom stereocenters. The first-order chi connectivity index (χ1) is 9.32. The molecule has 2 aromatic carbocycles. The molecule has 6 heteroatoms. The lowest BCUT2D eigenvalue weighted by Gasteiger charge is -2.10. The number of rotatable bonds is 2. The normalized spacial score (nSPS) is 11.4. The van der Waals surface area contributed by atoms with Crippen LogP contribution in [-0.2, 0) is 6.18 Å². The molecule has 0 heterocycles. The zero-order chi connectivity index (χ0) is 14.9. The molecule has 0 bridgehead atoms. The van der Waals surface area contributed by atoms with Crippen LogP contribution in [0, 0.1) is 11.6 Å². The number of aldehydes is 1. The van der Waals surface area contributed by atoms with Crippen LogP contribution < -0.4 is 0 Å². The van der Waals surface area contributed by atoms with Crippen molar-refractivity contribution in [3.63, 3.8) is 0 Å². The van der Waals surface area contributed by atoms with Gasteiger partial charge in [0.15, 0.2) is 6.29 Å². The summed E-state index contributed by atoms with van der Waals surface area (Å²) in [6.45, 7) is 0. The second-order valence-corrected chi connectivity index (χ2v) is 4.04. The van der Waals surface area contributed by atoms with E-state index < -0.39 is 23.4 Å². The first-order valence-corrected chi connectivity index (χ1v) is 5.45. The Kier molecular flexibility index (Phi) is 3.57. The van der Waals surface area contributed by atoms with Gasteiger partial charge in [-0.1, -0.05) is 12.1 Å². The molecule has 0 unspecified atom stereocenters. The highest BCUT2D eigenvalue weighted by Gasteiger charge is 2.30. The molecule has 0 amide bonds. The van der Waals surface area contributed by atoms with E-state index in [1.807, 2.05) is 0 Å². The summed E-state index contributed by atoms with van der Waals surface area (Å²) < 4.78 is 63.9. The zero-order valence-electron chi connectivity index (χ0n) is 9.84. The monoisotopic (exact) mass is 286 g/mol. The smallest absolute Gasteiger partial charge is 0.298 e. The van der Waals surface area contributed by atoms with E-state index in [4.69, 9.17) is 0 Å². The molecule has 0 N–H and O–H groups in total. The average molecular weight is 286 g/mol. The van der Waals surface area contributed by atoms with Crippen LogP contribution in [0.3, 0.4) is 0 Å². The van der Waals surface area contributed by atoms with Gasteiger partial charge in [-0.05, 0) is 23.8 Å². The lowest BCUT2D eigenvalue weighted by atomic mass is 9.98. The van der Waals surface area contributed by atoms with E-state index in [0.717, 1.165) is 30.3 Å². The second-order valence-electron chi connectivity index (χ2n) is 4.04. The largest absolute Gasteiger partial charge is 0.416 e. The first-order valence-electron chi connectivity index (χ1n) is 5.45. The molecule has 104 valence electrons. The van der Waals surface area contributed by atoms with Gasteiger partial charge < -0.3 is 0 Å². The molecule has 0 aliphatic heterocycles. The third-order valence-electron chi connectivity index (χ3n) is 2.71. The quantitative estimate of drug-likeness (QED) is 0.588. The van der Waals surface area contributed by atoms with Crippen molar-refractivity contribution in [3.05, 3.63) is 59.2 Å². The second kappa shape index (κ2) is 5.03. The molecule has 1 nitrogen and oxygen atoms in total. The highest BCUT2D eigenvalue weighted by atomic mass is 19.4. The van der Waals surface area contributed by atoms with Gasteiger partial charge in [-0.3, -0.25) is 4.79 Å². The topological polar surface area (TPSA) is 17.1 Å². The summed E-state index contributed by atoms with van der Waals surface area (Å²) in [5.41, 5.74) is -1.31. The number of benzene rings is 2. The van der Waals surface area contributed by atoms with Gasteiger partial charge in [-0.15, -0.1) is 0 Å². The van der Waals surface area contributed by atoms with Crippen LogP contribution in [0.2, 0.25) is 0 Å². The maximum atomic E-state index is 13.7. The molecule has 0 fully saturated rings. The number of hydrogen-bond donors (Lipinski definition) is 0. The average Bonchev–Trinajstić information content (AvgIpc) is 2.37. The zero-order valence-corrected chi connectivity index (χ0v) is 9.84. The number of halogens is 5. The van der Waals surface area contributed by atoms with E-state index in [9.17, 15) is 26.7 Å². The summed E-state index contributed by atoms with van der Waals surface area (Å²) in [5.74, 6) is -1.94. The van der Waals surface area contributed by atoms with E-state index in [0.29, 0.717) is 6.07 Å². The minimum absolute atomic E-state index is 0.0672. The van der Waals surface area contributed by atoms with Crippen LogP contribution >= 0.6 is 0 Å². The van der Waals surface area contributed by atoms with Crippen molar-refractivity contribution in [2.45, 2.75) is 6.18 Å². The lowest BCUT2D eigenvalue weighted by molar-refractivity contribution is -0.137. The molecule has 20 heavy (non-hydrogen) atoms. The van der Waals surface area contributed by atoms with Gasteiger partial charge >= 0.3 is 6.18 Å². The van der Waals surface area contributed by atoms with Crippen molar-refractivity contribution in [2.24, 2.45) is 0 Å². The minimum atomic E-state index is -4.51. The first kappa shape index (κ1) is 14.2. The predicted molar refractivity (Wildman–Crippen MR) is 62.2 cm³/mol. The van der Waals surface area contributed by atoms with Gasteiger partial charge in [-0.2, -0.15) is 13.2 Å². The Labute approximate surface area is 110 Å². The summed E-state index contributed by atoms with van der Waals surface area (Å²) in [7, 11) is 0. The Balaban J connectivity index is 2.55. The minimum Gasteiger partial charge on any atom is -0.298 e. The Morgan fingerprint density at radius 2 is 1.55 bits per heavy atom. The molecule has 0 aliphatic rings. The number of hydrogen-bond acceptors (Lipinski definition) is 1. The van der Waals surface area contributed by atoms with E-state index >= 15 is 0 Å². The maximum absolute atomic E-state index is 13.7. The standard InChI is InChI=1S/C14H7F5O/c15-11-5-9(7-20)13(12(16)6-11)8-1-3-10(4-2-8)14(17,18)19/h1-7H. The van der Waals surface area contributed by atoms with Gasteiger partial charge in [-0.25, -0.2) is 8.78 Å². The summed E-state index contributed by atoms with van der Waals surface area (Å²) >= 11 is 0. The fraction of sp³-hybridized carbons (Fsp3) is 0.0714. The molecule has 0 saturated heterocycles. The summed E-state index contributed by atoms with van der Waals surface area (Å²) in [5, 5.41) is 0. The summed E-state index contributed by atoms with van der Waals surface area (Å²) in [6, 6.07) is 5.00. The van der Waals surface area contributed by atoms with Crippen LogP contribution in [0.4, 0.5) is 22.0 Å². The van der Waals surface area contributed by atoms with E-state index in [1.165, 1.54) is 0 Å². The van der Waals surface area contributed by atoms with Gasteiger partial charge in [0, 0.05) is 17.2 Å². The molecule has 0 spiro atoms. The molecular weight excluding hydrogens is 279 g/mol. The Morgan fingerprint density at radius 1 is 0.950 bits per heavy atom. The van der Waals surface area contributed by atoms with Crippen molar-refractivity contribution in [1.82, 2.24) is 0 Å². The van der Waals surface area contributed by atoms with Gasteiger partial charge in [0.05, 0.1) is 5.56 Å². The SMILES string of the molecule is O=Cc1cc(F)cc(F)c1-c1ccc(C(F)(F)F)cc1. The number of alkyl halides is 3. The van der Waals surface area contributed by atoms with Crippen LogP contribution in [0.5, 0.6) is 0 Å². The van der Waals surface area contributed by atoms with Crippen LogP contribution in [0.15, 0.2) is 36.4 Å². The lowest BCUT2D eigenvalue weighted by Crippen LogP contribution is -2.04. The highest BCUT2D eigenvalue weighted by molar-refractivity contribution is 5.87. The third kappa shape index (κ3) is 2.68. The van der Waals surface area contributed by atoms with E-state index in [-0.39, 0.29) is 23.0 Å². The molecule has 0 radical (unpaired) electrons. The Bertz CT molecular complexity index is 644. The number of carbonyl (C=O) groups is 1. The van der Waals surface area contributed by atoms with Crippen molar-refractivity contribution < 1.29 is 26.7 Å². The fourth-order valence-corrected chi connectivity index (χ4v) is 1.82. The van der Waals surface area contributed by atoms with Crippen molar-refractivity contribution >= 4 is 6.29 Å². The molecule has 0 saturated carbocycles. The molecule has 0 aliphatic carbocycles. The Morgan fingerprint density at radius 3 is 2.05 bits per heavy atom. The molecule has 0 aromatic heterocycles. The molecule has 2 rings (SSSR count). The highest BCUT2D eigenvalue weighted by Crippen LogP contribution is 2.32. The van der Waals surface area contributed by atoms with Crippen molar-refractivity contribution in [3.8, 4) is 11.1 Å². The van der Waals surface area contributed by atoms with E-state index in [1.54, 1.807) is 0 Å². The summed E-state index contributed by atoms with van der Waals surface area (Å²) in [6.07, 6.45) is -4.26. The number of carbonyl (C=O) groups excluding carboxylic acids is 1. The molecule has 2 aromatic rings. The van der Waals surface area contributed by atoms with Crippen molar-refractivity contribution in [2.75, 3.05) is 0 Å². The Hall–Kier alpha value is -2.24. The predicted octanol–water partition coefficient (Wildman–Crippen LogP) is 4.46. The van der Waals surface area contributed by atoms with Gasteiger partial charge in [0.25, 0.3) is 0 Å². The fourth-order valence-electron chi connectivity index (χ4n) is 1.82. The van der Waals surface area contributed by atoms with Crippen molar-refractivity contribution in [1.29, 1.82) is 0 Å². The molecular formula is C14H7F5O. The van der Waals surface area contributed by atoms with Crippen LogP contribution in [0.25, 0.3) is 11.1 Å².